The predicted octanol–water partition coefficient (Wildman–Crippen LogP) is 3.27. The number of rotatable bonds is 6. The lowest BCUT2D eigenvalue weighted by Gasteiger charge is -2.17. The lowest BCUT2D eigenvalue weighted by Crippen LogP contribution is -2.39. The van der Waals surface area contributed by atoms with Gasteiger partial charge in [-0.15, -0.1) is 0 Å². The van der Waals surface area contributed by atoms with Gasteiger partial charge in [0.05, 0.1) is 0 Å². The maximum Gasteiger partial charge on any atom is 0.317 e. The minimum absolute atomic E-state index is 0.0455. The molecule has 3 heterocycles. The normalized spacial score (nSPS) is 16.6. The quantitative estimate of drug-likeness (QED) is 0.717. The molecule has 1 aliphatic rings. The van der Waals surface area contributed by atoms with Crippen LogP contribution in [-0.4, -0.2) is 45.1 Å². The van der Waals surface area contributed by atoms with E-state index < -0.39 is 0 Å². The van der Waals surface area contributed by atoms with Crippen molar-refractivity contribution >= 4 is 17.2 Å². The Morgan fingerprint density at radius 3 is 2.89 bits per heavy atom. The van der Waals surface area contributed by atoms with E-state index in [4.69, 9.17) is 4.98 Å². The number of pyridine rings is 1. The second-order valence-corrected chi connectivity index (χ2v) is 7.39. The number of likely N-dealkylation sites (tertiary alicyclic amines) is 1. The number of nitrogens with zero attached hydrogens (tertiary/aromatic N) is 4. The van der Waals surface area contributed by atoms with Crippen molar-refractivity contribution in [1.82, 2.24) is 24.8 Å². The van der Waals surface area contributed by atoms with E-state index in [1.54, 1.807) is 0 Å². The molecule has 1 fully saturated rings. The van der Waals surface area contributed by atoms with Crippen LogP contribution in [0.5, 0.6) is 0 Å². The fraction of sp³-hybridized carbons (Fsp3) is 0.409. The molecule has 1 N–H and O–H groups in total. The minimum atomic E-state index is 0.0455. The zero-order valence-corrected chi connectivity index (χ0v) is 16.3. The second kappa shape index (κ2) is 8.42. The predicted molar refractivity (Wildman–Crippen MR) is 110 cm³/mol. The smallest absolute Gasteiger partial charge is 0.317 e. The molecule has 4 rings (SSSR count). The van der Waals surface area contributed by atoms with Gasteiger partial charge in [0, 0.05) is 38.8 Å². The van der Waals surface area contributed by atoms with E-state index in [1.807, 2.05) is 41.4 Å². The molecule has 1 aliphatic heterocycles. The zero-order chi connectivity index (χ0) is 19.3. The first-order valence-electron chi connectivity index (χ1n) is 10.1. The van der Waals surface area contributed by atoms with Gasteiger partial charge in [-0.2, -0.15) is 0 Å². The van der Waals surface area contributed by atoms with Gasteiger partial charge in [0.15, 0.2) is 5.65 Å². The van der Waals surface area contributed by atoms with Crippen molar-refractivity contribution in [3.63, 3.8) is 0 Å². The molecule has 0 spiro atoms. The molecule has 146 valence electrons. The summed E-state index contributed by atoms with van der Waals surface area (Å²) in [5.74, 6) is 1.52. The monoisotopic (exact) mass is 377 g/mol. The molecule has 6 nitrogen and oxygen atoms in total. The molecule has 3 aromatic rings. The van der Waals surface area contributed by atoms with Gasteiger partial charge >= 0.3 is 6.03 Å². The maximum atomic E-state index is 12.5. The maximum absolute atomic E-state index is 12.5. The Morgan fingerprint density at radius 1 is 1.21 bits per heavy atom. The number of aromatic nitrogens is 3. The summed E-state index contributed by atoms with van der Waals surface area (Å²) < 4.78 is 2.19. The van der Waals surface area contributed by atoms with Crippen LogP contribution in [0.1, 0.15) is 24.7 Å². The highest BCUT2D eigenvalue weighted by atomic mass is 16.2. The van der Waals surface area contributed by atoms with Crippen LogP contribution in [0.3, 0.4) is 0 Å². The van der Waals surface area contributed by atoms with Gasteiger partial charge < -0.3 is 14.8 Å². The van der Waals surface area contributed by atoms with Gasteiger partial charge in [0.25, 0.3) is 0 Å². The van der Waals surface area contributed by atoms with E-state index in [2.05, 4.69) is 33.9 Å². The van der Waals surface area contributed by atoms with Crippen molar-refractivity contribution in [3.05, 3.63) is 60.0 Å². The molecule has 0 radical (unpaired) electrons. The molecular weight excluding hydrogens is 350 g/mol. The number of imidazole rings is 1. The summed E-state index contributed by atoms with van der Waals surface area (Å²) in [6.07, 6.45) is 4.58. The number of hydrogen-bond acceptors (Lipinski definition) is 3. The van der Waals surface area contributed by atoms with Crippen molar-refractivity contribution in [2.45, 2.75) is 32.7 Å². The Balaban J connectivity index is 1.31. The van der Waals surface area contributed by atoms with Crippen LogP contribution >= 0.6 is 0 Å². The fourth-order valence-electron chi connectivity index (χ4n) is 4.01. The summed E-state index contributed by atoms with van der Waals surface area (Å²) in [6.45, 7) is 5.25. The molecule has 2 aromatic heterocycles. The van der Waals surface area contributed by atoms with Crippen LogP contribution in [0.2, 0.25) is 0 Å². The fourth-order valence-corrected chi connectivity index (χ4v) is 4.01. The van der Waals surface area contributed by atoms with Crippen molar-refractivity contribution < 1.29 is 4.79 Å². The minimum Gasteiger partial charge on any atom is -0.338 e. The first-order valence-corrected chi connectivity index (χ1v) is 10.1. The number of hydrogen-bond donors (Lipinski definition) is 1. The highest BCUT2D eigenvalue weighted by Crippen LogP contribution is 2.23. The number of fused-ring (bicyclic) bond motifs is 1. The number of urea groups is 1. The van der Waals surface area contributed by atoms with Crippen molar-refractivity contribution in [1.29, 1.82) is 0 Å². The molecule has 0 bridgehead atoms. The SMILES string of the molecule is CCn1c(C[C@@H]2CCN(C(=O)NCCc3ccccc3)C2)nc2cccnc21. The van der Waals surface area contributed by atoms with Crippen LogP contribution in [0.4, 0.5) is 4.79 Å². The Labute approximate surface area is 165 Å². The summed E-state index contributed by atoms with van der Waals surface area (Å²) in [7, 11) is 0. The molecule has 1 saturated heterocycles. The molecule has 2 amide bonds. The van der Waals surface area contributed by atoms with E-state index >= 15 is 0 Å². The molecular formula is C22H27N5O. The molecule has 0 aliphatic carbocycles. The largest absolute Gasteiger partial charge is 0.338 e. The molecule has 0 unspecified atom stereocenters. The van der Waals surface area contributed by atoms with E-state index in [-0.39, 0.29) is 6.03 Å². The molecule has 1 atom stereocenters. The van der Waals surface area contributed by atoms with E-state index in [0.29, 0.717) is 12.5 Å². The van der Waals surface area contributed by atoms with E-state index in [0.717, 1.165) is 55.9 Å². The standard InChI is InChI=1S/C22H27N5O/c1-2-27-20(25-19-9-6-12-23-21(19)27)15-18-11-14-26(16-18)22(28)24-13-10-17-7-4-3-5-8-17/h3-9,12,18H,2,10-11,13-16H2,1H3,(H,24,28)/t18-/m0/s1. The number of benzene rings is 1. The average Bonchev–Trinajstić information content (AvgIpc) is 3.33. The lowest BCUT2D eigenvalue weighted by atomic mass is 10.0. The summed E-state index contributed by atoms with van der Waals surface area (Å²) in [5, 5.41) is 3.06. The number of aryl methyl sites for hydroxylation is 1. The number of nitrogens with one attached hydrogen (secondary N) is 1. The van der Waals surface area contributed by atoms with Crippen LogP contribution in [0.25, 0.3) is 11.2 Å². The van der Waals surface area contributed by atoms with Gasteiger partial charge in [-0.05, 0) is 43.4 Å². The van der Waals surface area contributed by atoms with Crippen LogP contribution < -0.4 is 5.32 Å². The molecule has 28 heavy (non-hydrogen) atoms. The number of amides is 2. The third-order valence-electron chi connectivity index (χ3n) is 5.48. The van der Waals surface area contributed by atoms with Crippen molar-refractivity contribution in [2.24, 2.45) is 5.92 Å². The molecule has 6 heteroatoms. The third kappa shape index (κ3) is 4.01. The molecule has 0 saturated carbocycles. The topological polar surface area (TPSA) is 63.1 Å². The first kappa shape index (κ1) is 18.5. The van der Waals surface area contributed by atoms with Crippen LogP contribution in [0.15, 0.2) is 48.7 Å². The summed E-state index contributed by atoms with van der Waals surface area (Å²) >= 11 is 0. The van der Waals surface area contributed by atoms with Crippen LogP contribution in [0, 0.1) is 5.92 Å². The van der Waals surface area contributed by atoms with Gasteiger partial charge in [-0.25, -0.2) is 14.8 Å². The Hall–Kier alpha value is -2.89. The Bertz CT molecular complexity index is 937. The van der Waals surface area contributed by atoms with E-state index in [1.165, 1.54) is 5.56 Å². The van der Waals surface area contributed by atoms with E-state index in [9.17, 15) is 4.79 Å². The van der Waals surface area contributed by atoms with Crippen molar-refractivity contribution in [3.8, 4) is 0 Å². The highest BCUT2D eigenvalue weighted by molar-refractivity contribution is 5.74. The van der Waals surface area contributed by atoms with Gasteiger partial charge in [0.2, 0.25) is 0 Å². The second-order valence-electron chi connectivity index (χ2n) is 7.39. The summed E-state index contributed by atoms with van der Waals surface area (Å²) in [6, 6.07) is 14.2. The zero-order valence-electron chi connectivity index (χ0n) is 16.3. The summed E-state index contributed by atoms with van der Waals surface area (Å²) in [5.41, 5.74) is 3.15. The summed E-state index contributed by atoms with van der Waals surface area (Å²) in [4.78, 5) is 23.7. The van der Waals surface area contributed by atoms with Gasteiger partial charge in [-0.1, -0.05) is 30.3 Å². The Kier molecular flexibility index (Phi) is 5.55. The highest BCUT2D eigenvalue weighted by Gasteiger charge is 2.27. The lowest BCUT2D eigenvalue weighted by molar-refractivity contribution is 0.207. The van der Waals surface area contributed by atoms with Gasteiger partial charge in [0.1, 0.15) is 11.3 Å². The molecule has 1 aromatic carbocycles. The van der Waals surface area contributed by atoms with Crippen LogP contribution in [-0.2, 0) is 19.4 Å². The van der Waals surface area contributed by atoms with Gasteiger partial charge in [-0.3, -0.25) is 0 Å². The third-order valence-corrected chi connectivity index (χ3v) is 5.48. The number of carbonyl (C=O) groups excluding carboxylic acids is 1. The first-order chi connectivity index (χ1) is 13.7. The average molecular weight is 377 g/mol. The van der Waals surface area contributed by atoms with Crippen molar-refractivity contribution in [2.75, 3.05) is 19.6 Å². The number of carbonyl (C=O) groups is 1. The Morgan fingerprint density at radius 2 is 2.07 bits per heavy atom.